The lowest BCUT2D eigenvalue weighted by atomic mass is 10.0. The van der Waals surface area contributed by atoms with Crippen LogP contribution in [0.3, 0.4) is 0 Å². The molecule has 7 nitrogen and oxygen atoms in total. The summed E-state index contributed by atoms with van der Waals surface area (Å²) in [4.78, 5) is 17.8. The fourth-order valence-corrected chi connectivity index (χ4v) is 4.32. The minimum atomic E-state index is -0.355. The number of halogens is 2. The van der Waals surface area contributed by atoms with Crippen molar-refractivity contribution in [2.75, 3.05) is 0 Å². The molecule has 5 rings (SSSR count). The fourth-order valence-electron chi connectivity index (χ4n) is 3.85. The van der Waals surface area contributed by atoms with Crippen molar-refractivity contribution in [3.8, 4) is 11.5 Å². The Morgan fingerprint density at radius 2 is 1.94 bits per heavy atom. The number of aromatic nitrogens is 5. The van der Waals surface area contributed by atoms with Gasteiger partial charge in [-0.2, -0.15) is 10.1 Å². The van der Waals surface area contributed by atoms with Gasteiger partial charge in [0.05, 0.1) is 5.56 Å². The van der Waals surface area contributed by atoms with Crippen molar-refractivity contribution < 1.29 is 9.32 Å². The summed E-state index contributed by atoms with van der Waals surface area (Å²) < 4.78 is 7.36. The summed E-state index contributed by atoms with van der Waals surface area (Å²) in [5.74, 6) is -0.257. The van der Waals surface area contributed by atoms with E-state index in [0.29, 0.717) is 27.8 Å². The third-order valence-electron chi connectivity index (χ3n) is 5.47. The molecule has 0 unspecified atom stereocenters. The Hall–Kier alpha value is -3.55. The zero-order valence-corrected chi connectivity index (χ0v) is 19.2. The summed E-state index contributed by atoms with van der Waals surface area (Å²) in [5, 5.41) is 13.6. The van der Waals surface area contributed by atoms with Crippen molar-refractivity contribution in [3.05, 3.63) is 93.0 Å². The number of aryl methyl sites for hydroxylation is 1. The highest BCUT2D eigenvalue weighted by atomic mass is 35.5. The summed E-state index contributed by atoms with van der Waals surface area (Å²) in [5.41, 5.74) is 4.53. The van der Waals surface area contributed by atoms with E-state index < -0.39 is 0 Å². The monoisotopic (exact) mass is 477 g/mol. The smallest absolute Gasteiger partial charge is 0.299 e. The third kappa shape index (κ3) is 3.90. The minimum Gasteiger partial charge on any atom is -0.340 e. The second-order valence-electron chi connectivity index (χ2n) is 7.66. The Morgan fingerprint density at radius 3 is 2.70 bits per heavy atom. The van der Waals surface area contributed by atoms with Crippen LogP contribution in [0.25, 0.3) is 22.4 Å². The quantitative estimate of drug-likeness (QED) is 0.302. The van der Waals surface area contributed by atoms with Crippen LogP contribution in [0, 0.1) is 13.8 Å². The van der Waals surface area contributed by atoms with Gasteiger partial charge in [-0.05, 0) is 55.8 Å². The zero-order valence-electron chi connectivity index (χ0n) is 17.7. The van der Waals surface area contributed by atoms with Crippen molar-refractivity contribution >= 4 is 39.9 Å². The van der Waals surface area contributed by atoms with Gasteiger partial charge in [-0.1, -0.05) is 46.1 Å². The van der Waals surface area contributed by atoms with E-state index >= 15 is 0 Å². The second kappa shape index (κ2) is 8.42. The molecule has 33 heavy (non-hydrogen) atoms. The molecule has 0 aliphatic rings. The van der Waals surface area contributed by atoms with Crippen LogP contribution < -0.4 is 0 Å². The van der Waals surface area contributed by atoms with Crippen LogP contribution >= 0.6 is 23.2 Å². The van der Waals surface area contributed by atoms with Gasteiger partial charge in [-0.15, -0.1) is 5.10 Å². The molecule has 3 heterocycles. The van der Waals surface area contributed by atoms with Crippen molar-refractivity contribution in [1.29, 1.82) is 0 Å². The lowest BCUT2D eigenvalue weighted by Gasteiger charge is -2.11. The standard InChI is InChI=1S/C24H17Cl2N5O2/c1-13-5-8-20-17(10-13)21(14(2)31(20)12-15-6-7-16(25)11-18(15)26)22(32)24-28-23(30-33-24)19-4-3-9-27-29-19/h3-11H,12H2,1-2H3. The summed E-state index contributed by atoms with van der Waals surface area (Å²) in [6.07, 6.45) is 1.54. The van der Waals surface area contributed by atoms with Gasteiger partial charge >= 0.3 is 0 Å². The third-order valence-corrected chi connectivity index (χ3v) is 6.06. The number of hydrogen-bond acceptors (Lipinski definition) is 6. The highest BCUT2D eigenvalue weighted by molar-refractivity contribution is 6.35. The molecule has 0 bridgehead atoms. The van der Waals surface area contributed by atoms with E-state index in [1.807, 2.05) is 38.1 Å². The number of fused-ring (bicyclic) bond motifs is 1. The highest BCUT2D eigenvalue weighted by Crippen LogP contribution is 2.31. The fraction of sp³-hybridized carbons (Fsp3) is 0.125. The van der Waals surface area contributed by atoms with E-state index in [2.05, 4.69) is 24.9 Å². The molecule has 164 valence electrons. The van der Waals surface area contributed by atoms with Gasteiger partial charge in [0.25, 0.3) is 11.7 Å². The van der Waals surface area contributed by atoms with Crippen LogP contribution in [0.1, 0.15) is 33.1 Å². The molecule has 0 aliphatic heterocycles. The number of benzene rings is 2. The molecule has 0 fully saturated rings. The van der Waals surface area contributed by atoms with Crippen molar-refractivity contribution in [2.45, 2.75) is 20.4 Å². The summed E-state index contributed by atoms with van der Waals surface area (Å²) in [7, 11) is 0. The number of ketones is 1. The molecule has 9 heteroatoms. The van der Waals surface area contributed by atoms with E-state index in [1.165, 1.54) is 0 Å². The number of hydrogen-bond donors (Lipinski definition) is 0. The Kier molecular flexibility index (Phi) is 5.44. The molecule has 0 atom stereocenters. The van der Waals surface area contributed by atoms with Gasteiger partial charge in [0.2, 0.25) is 5.82 Å². The normalized spacial score (nSPS) is 11.3. The van der Waals surface area contributed by atoms with E-state index in [0.717, 1.165) is 27.7 Å². The number of rotatable bonds is 5. The van der Waals surface area contributed by atoms with Crippen LogP contribution in [-0.4, -0.2) is 30.7 Å². The average molecular weight is 478 g/mol. The lowest BCUT2D eigenvalue weighted by molar-refractivity contribution is 0.0994. The predicted octanol–water partition coefficient (Wildman–Crippen LogP) is 5.68. The van der Waals surface area contributed by atoms with Crippen LogP contribution in [-0.2, 0) is 6.54 Å². The molecule has 0 N–H and O–H groups in total. The van der Waals surface area contributed by atoms with E-state index in [1.54, 1.807) is 30.5 Å². The molecular formula is C24H17Cl2N5O2. The second-order valence-corrected chi connectivity index (χ2v) is 8.51. The Balaban J connectivity index is 1.61. The molecule has 3 aromatic heterocycles. The lowest BCUT2D eigenvalue weighted by Crippen LogP contribution is -2.07. The molecule has 0 radical (unpaired) electrons. The number of nitrogens with zero attached hydrogens (tertiary/aromatic N) is 5. The first-order chi connectivity index (χ1) is 15.9. The SMILES string of the molecule is Cc1ccc2c(c1)c(C(=O)c1nc(-c3cccnn3)no1)c(C)n2Cc1ccc(Cl)cc1Cl. The van der Waals surface area contributed by atoms with E-state index in [-0.39, 0.29) is 17.5 Å². The largest absolute Gasteiger partial charge is 0.340 e. The summed E-state index contributed by atoms with van der Waals surface area (Å²) in [6, 6.07) is 14.8. The zero-order chi connectivity index (χ0) is 23.1. The summed E-state index contributed by atoms with van der Waals surface area (Å²) in [6.45, 7) is 4.35. The van der Waals surface area contributed by atoms with E-state index in [4.69, 9.17) is 27.7 Å². The highest BCUT2D eigenvalue weighted by Gasteiger charge is 2.26. The van der Waals surface area contributed by atoms with Gasteiger partial charge in [0.15, 0.2) is 0 Å². The first-order valence-corrected chi connectivity index (χ1v) is 10.9. The molecule has 0 saturated heterocycles. The Bertz CT molecular complexity index is 1510. The van der Waals surface area contributed by atoms with Gasteiger partial charge in [-0.3, -0.25) is 4.79 Å². The van der Waals surface area contributed by atoms with Crippen LogP contribution in [0.4, 0.5) is 0 Å². The number of carbonyl (C=O) groups is 1. The van der Waals surface area contributed by atoms with Gasteiger partial charge < -0.3 is 9.09 Å². The van der Waals surface area contributed by atoms with Crippen LogP contribution in [0.5, 0.6) is 0 Å². The van der Waals surface area contributed by atoms with Crippen LogP contribution in [0.15, 0.2) is 59.3 Å². The topological polar surface area (TPSA) is 86.7 Å². The van der Waals surface area contributed by atoms with Crippen LogP contribution in [0.2, 0.25) is 10.0 Å². The molecule has 0 spiro atoms. The predicted molar refractivity (Wildman–Crippen MR) is 126 cm³/mol. The first-order valence-electron chi connectivity index (χ1n) is 10.1. The molecule has 0 saturated carbocycles. The summed E-state index contributed by atoms with van der Waals surface area (Å²) >= 11 is 12.5. The maximum absolute atomic E-state index is 13.5. The molecular weight excluding hydrogens is 461 g/mol. The minimum absolute atomic E-state index is 0.108. The molecule has 0 amide bonds. The van der Waals surface area contributed by atoms with Gasteiger partial charge in [0.1, 0.15) is 5.69 Å². The van der Waals surface area contributed by atoms with Crippen molar-refractivity contribution in [1.82, 2.24) is 24.9 Å². The van der Waals surface area contributed by atoms with Gasteiger partial charge in [-0.25, -0.2) is 0 Å². The Morgan fingerprint density at radius 1 is 1.09 bits per heavy atom. The van der Waals surface area contributed by atoms with Crippen molar-refractivity contribution in [3.63, 3.8) is 0 Å². The number of carbonyl (C=O) groups excluding carboxylic acids is 1. The molecule has 5 aromatic rings. The first kappa shape index (κ1) is 21.3. The average Bonchev–Trinajstić information content (AvgIpc) is 3.39. The van der Waals surface area contributed by atoms with E-state index in [9.17, 15) is 4.79 Å². The van der Waals surface area contributed by atoms with Crippen molar-refractivity contribution in [2.24, 2.45) is 0 Å². The molecule has 0 aliphatic carbocycles. The maximum Gasteiger partial charge on any atom is 0.299 e. The molecule has 2 aromatic carbocycles. The Labute approximate surface area is 199 Å². The van der Waals surface area contributed by atoms with Gasteiger partial charge in [0, 0.05) is 39.4 Å². The maximum atomic E-state index is 13.5.